The van der Waals surface area contributed by atoms with Gasteiger partial charge in [-0.2, -0.15) is 0 Å². The summed E-state index contributed by atoms with van der Waals surface area (Å²) < 4.78 is 13.9. The quantitative estimate of drug-likeness (QED) is 0.945. The number of thiazole rings is 1. The van der Waals surface area contributed by atoms with Gasteiger partial charge in [0.1, 0.15) is 5.82 Å². The Morgan fingerprint density at radius 2 is 2.25 bits per heavy atom. The highest BCUT2D eigenvalue weighted by molar-refractivity contribution is 9.10. The van der Waals surface area contributed by atoms with Crippen LogP contribution in [0, 0.1) is 5.82 Å². The Kier molecular flexibility index (Phi) is 3.68. The van der Waals surface area contributed by atoms with Crippen LogP contribution in [0.2, 0.25) is 0 Å². The summed E-state index contributed by atoms with van der Waals surface area (Å²) in [5, 5.41) is 2.87. The van der Waals surface area contributed by atoms with Crippen molar-refractivity contribution in [1.29, 1.82) is 0 Å². The Balaban J connectivity index is 2.17. The lowest BCUT2D eigenvalue weighted by Crippen LogP contribution is -2.13. The van der Waals surface area contributed by atoms with Crippen molar-refractivity contribution >= 4 is 27.3 Å². The Bertz CT molecular complexity index is 453. The summed E-state index contributed by atoms with van der Waals surface area (Å²) >= 11 is 4.81. The van der Waals surface area contributed by atoms with Crippen LogP contribution in [0.4, 0.5) is 4.39 Å². The SMILES string of the molecule is NC(Cc1nccs1)c1cc(F)cc(Br)c1. The van der Waals surface area contributed by atoms with Crippen LogP contribution in [0.25, 0.3) is 0 Å². The van der Waals surface area contributed by atoms with Crippen molar-refractivity contribution in [2.24, 2.45) is 5.73 Å². The second-order valence-electron chi connectivity index (χ2n) is 3.44. The van der Waals surface area contributed by atoms with E-state index in [9.17, 15) is 4.39 Å². The number of benzene rings is 1. The molecule has 84 valence electrons. The van der Waals surface area contributed by atoms with Crippen molar-refractivity contribution in [3.8, 4) is 0 Å². The summed E-state index contributed by atoms with van der Waals surface area (Å²) in [7, 11) is 0. The lowest BCUT2D eigenvalue weighted by Gasteiger charge is -2.10. The second-order valence-corrected chi connectivity index (χ2v) is 5.33. The van der Waals surface area contributed by atoms with Gasteiger partial charge in [-0.3, -0.25) is 0 Å². The molecular formula is C11H10BrFN2S. The van der Waals surface area contributed by atoms with Crippen LogP contribution >= 0.6 is 27.3 Å². The molecular weight excluding hydrogens is 291 g/mol. The molecule has 1 aromatic carbocycles. The fourth-order valence-corrected chi connectivity index (χ4v) is 2.61. The highest BCUT2D eigenvalue weighted by atomic mass is 79.9. The molecule has 1 heterocycles. The fourth-order valence-electron chi connectivity index (χ4n) is 1.45. The molecule has 0 aliphatic heterocycles. The first-order valence-electron chi connectivity index (χ1n) is 4.75. The molecule has 2 nitrogen and oxygen atoms in total. The van der Waals surface area contributed by atoms with E-state index in [1.54, 1.807) is 17.5 Å². The van der Waals surface area contributed by atoms with Crippen molar-refractivity contribution in [2.75, 3.05) is 0 Å². The molecule has 0 aliphatic carbocycles. The van der Waals surface area contributed by atoms with Gasteiger partial charge in [0.15, 0.2) is 0 Å². The third-order valence-electron chi connectivity index (χ3n) is 2.19. The van der Waals surface area contributed by atoms with E-state index in [1.807, 2.05) is 11.4 Å². The predicted octanol–water partition coefficient (Wildman–Crippen LogP) is 3.29. The number of hydrogen-bond donors (Lipinski definition) is 1. The Morgan fingerprint density at radius 3 is 2.88 bits per heavy atom. The van der Waals surface area contributed by atoms with Gasteiger partial charge in [-0.25, -0.2) is 9.37 Å². The van der Waals surface area contributed by atoms with Gasteiger partial charge < -0.3 is 5.73 Å². The van der Waals surface area contributed by atoms with E-state index in [4.69, 9.17) is 5.73 Å². The lowest BCUT2D eigenvalue weighted by atomic mass is 10.1. The van der Waals surface area contributed by atoms with Gasteiger partial charge in [-0.1, -0.05) is 15.9 Å². The summed E-state index contributed by atoms with van der Waals surface area (Å²) in [5.41, 5.74) is 6.78. The van der Waals surface area contributed by atoms with Gasteiger partial charge >= 0.3 is 0 Å². The smallest absolute Gasteiger partial charge is 0.124 e. The third kappa shape index (κ3) is 2.87. The molecule has 2 N–H and O–H groups in total. The average molecular weight is 301 g/mol. The first-order valence-corrected chi connectivity index (χ1v) is 6.42. The van der Waals surface area contributed by atoms with E-state index in [-0.39, 0.29) is 11.9 Å². The standard InChI is InChI=1S/C11H10BrFN2S/c12-8-3-7(4-9(13)5-8)10(14)6-11-15-1-2-16-11/h1-5,10H,6,14H2. The lowest BCUT2D eigenvalue weighted by molar-refractivity contribution is 0.617. The Labute approximate surface area is 105 Å². The van der Waals surface area contributed by atoms with Crippen LogP contribution < -0.4 is 5.73 Å². The topological polar surface area (TPSA) is 38.9 Å². The van der Waals surface area contributed by atoms with Crippen molar-refractivity contribution in [3.05, 3.63) is 50.6 Å². The van der Waals surface area contributed by atoms with Crippen LogP contribution in [0.15, 0.2) is 34.2 Å². The molecule has 0 spiro atoms. The maximum Gasteiger partial charge on any atom is 0.124 e. The molecule has 1 atom stereocenters. The minimum atomic E-state index is -0.279. The minimum Gasteiger partial charge on any atom is -0.324 e. The van der Waals surface area contributed by atoms with E-state index in [1.165, 1.54) is 12.1 Å². The van der Waals surface area contributed by atoms with E-state index in [0.29, 0.717) is 10.9 Å². The van der Waals surface area contributed by atoms with Gasteiger partial charge in [-0.15, -0.1) is 11.3 Å². The molecule has 2 rings (SSSR count). The van der Waals surface area contributed by atoms with E-state index < -0.39 is 0 Å². The van der Waals surface area contributed by atoms with E-state index >= 15 is 0 Å². The molecule has 16 heavy (non-hydrogen) atoms. The first-order chi connectivity index (χ1) is 7.65. The summed E-state index contributed by atoms with van der Waals surface area (Å²) in [4.78, 5) is 4.16. The van der Waals surface area contributed by atoms with Crippen molar-refractivity contribution in [2.45, 2.75) is 12.5 Å². The molecule has 5 heteroatoms. The van der Waals surface area contributed by atoms with Gasteiger partial charge in [0.2, 0.25) is 0 Å². The number of rotatable bonds is 3. The Hall–Kier alpha value is -0.780. The first kappa shape index (κ1) is 11.7. The molecule has 1 unspecified atom stereocenters. The summed E-state index contributed by atoms with van der Waals surface area (Å²) in [5.74, 6) is -0.279. The van der Waals surface area contributed by atoms with Crippen molar-refractivity contribution < 1.29 is 4.39 Å². The Morgan fingerprint density at radius 1 is 1.44 bits per heavy atom. The average Bonchev–Trinajstić information content (AvgIpc) is 2.68. The second kappa shape index (κ2) is 5.03. The number of aromatic nitrogens is 1. The molecule has 1 aromatic heterocycles. The predicted molar refractivity (Wildman–Crippen MR) is 66.8 cm³/mol. The molecule has 0 aliphatic rings. The normalized spacial score (nSPS) is 12.7. The van der Waals surface area contributed by atoms with Crippen LogP contribution in [0.1, 0.15) is 16.6 Å². The molecule has 0 saturated carbocycles. The number of nitrogens with two attached hydrogens (primary N) is 1. The zero-order valence-electron chi connectivity index (χ0n) is 8.36. The minimum absolute atomic E-state index is 0.224. The largest absolute Gasteiger partial charge is 0.324 e. The van der Waals surface area contributed by atoms with Crippen LogP contribution in [-0.4, -0.2) is 4.98 Å². The summed E-state index contributed by atoms with van der Waals surface area (Å²) in [6.45, 7) is 0. The van der Waals surface area contributed by atoms with Crippen molar-refractivity contribution in [3.63, 3.8) is 0 Å². The number of hydrogen-bond acceptors (Lipinski definition) is 3. The zero-order chi connectivity index (χ0) is 11.5. The van der Waals surface area contributed by atoms with Gasteiger partial charge in [0.05, 0.1) is 5.01 Å². The van der Waals surface area contributed by atoms with Crippen LogP contribution in [0.3, 0.4) is 0 Å². The van der Waals surface area contributed by atoms with Crippen molar-refractivity contribution in [1.82, 2.24) is 4.98 Å². The number of nitrogens with zero attached hydrogens (tertiary/aromatic N) is 1. The highest BCUT2D eigenvalue weighted by Crippen LogP contribution is 2.22. The zero-order valence-corrected chi connectivity index (χ0v) is 10.8. The molecule has 0 radical (unpaired) electrons. The van der Waals surface area contributed by atoms with Gasteiger partial charge in [-0.05, 0) is 23.8 Å². The molecule has 0 saturated heterocycles. The maximum atomic E-state index is 13.2. The molecule has 0 bridgehead atoms. The third-order valence-corrected chi connectivity index (χ3v) is 3.45. The molecule has 2 aromatic rings. The fraction of sp³-hybridized carbons (Fsp3) is 0.182. The van der Waals surface area contributed by atoms with Crippen LogP contribution in [-0.2, 0) is 6.42 Å². The molecule has 0 fully saturated rings. The van der Waals surface area contributed by atoms with E-state index in [2.05, 4.69) is 20.9 Å². The van der Waals surface area contributed by atoms with Gasteiger partial charge in [0.25, 0.3) is 0 Å². The monoisotopic (exact) mass is 300 g/mol. The van der Waals surface area contributed by atoms with E-state index in [0.717, 1.165) is 10.6 Å². The number of halogens is 2. The summed E-state index contributed by atoms with van der Waals surface area (Å²) in [6.07, 6.45) is 2.38. The molecule has 0 amide bonds. The van der Waals surface area contributed by atoms with Crippen LogP contribution in [0.5, 0.6) is 0 Å². The summed E-state index contributed by atoms with van der Waals surface area (Å²) in [6, 6.07) is 4.49. The highest BCUT2D eigenvalue weighted by Gasteiger charge is 2.10. The maximum absolute atomic E-state index is 13.2. The van der Waals surface area contributed by atoms with Gasteiger partial charge in [0, 0.05) is 28.5 Å².